The number of hydrogen-bond donors (Lipinski definition) is 2. The van der Waals surface area contributed by atoms with Crippen LogP contribution in [0.1, 0.15) is 29.0 Å². The highest BCUT2D eigenvalue weighted by molar-refractivity contribution is 6.30. The molecule has 0 saturated carbocycles. The Hall–Kier alpha value is -3.64. The van der Waals surface area contributed by atoms with E-state index in [-0.39, 0.29) is 17.6 Å². The van der Waals surface area contributed by atoms with Crippen LogP contribution in [0.15, 0.2) is 72.8 Å². The topological polar surface area (TPSA) is 67.0 Å². The van der Waals surface area contributed by atoms with Gasteiger partial charge in [-0.15, -0.1) is 0 Å². The van der Waals surface area contributed by atoms with Gasteiger partial charge in [0.1, 0.15) is 18.2 Å². The summed E-state index contributed by atoms with van der Waals surface area (Å²) in [6.45, 7) is 0.345. The molecule has 0 saturated heterocycles. The standard InChI is InChI=1S/C25H19ClFN3O2/c26-18-7-3-17(4-8-18)24-23-21(13-22(31)28-25(23)30-29-24)16-5-11-20(12-6-16)32-14-15-1-9-19(27)10-2-15/h1-12,21H,13-14H2,(H2,28,29,30,31). The summed E-state index contributed by atoms with van der Waals surface area (Å²) in [5, 5.41) is 10.9. The minimum absolute atomic E-state index is 0.0757. The van der Waals surface area contributed by atoms with Gasteiger partial charge in [-0.1, -0.05) is 48.0 Å². The van der Waals surface area contributed by atoms with Gasteiger partial charge in [-0.05, 0) is 47.5 Å². The number of rotatable bonds is 5. The van der Waals surface area contributed by atoms with Crippen molar-refractivity contribution in [3.63, 3.8) is 0 Å². The molecule has 2 heterocycles. The van der Waals surface area contributed by atoms with E-state index in [0.717, 1.165) is 27.9 Å². The molecule has 7 heteroatoms. The van der Waals surface area contributed by atoms with Crippen molar-refractivity contribution in [2.24, 2.45) is 0 Å². The maximum atomic E-state index is 13.1. The van der Waals surface area contributed by atoms with Gasteiger partial charge in [0, 0.05) is 28.5 Å². The largest absolute Gasteiger partial charge is 0.489 e. The summed E-state index contributed by atoms with van der Waals surface area (Å²) in [7, 11) is 0. The van der Waals surface area contributed by atoms with E-state index in [0.29, 0.717) is 29.6 Å². The van der Waals surface area contributed by atoms with Gasteiger partial charge in [0.25, 0.3) is 0 Å². The van der Waals surface area contributed by atoms with Gasteiger partial charge in [0.2, 0.25) is 5.91 Å². The molecule has 3 aromatic carbocycles. The number of benzene rings is 3. The second-order valence-electron chi connectivity index (χ2n) is 7.66. The molecule has 5 rings (SSSR count). The van der Waals surface area contributed by atoms with Crippen LogP contribution in [0.5, 0.6) is 5.75 Å². The fourth-order valence-electron chi connectivity index (χ4n) is 3.92. The Kier molecular flexibility index (Phi) is 5.37. The first kappa shape index (κ1) is 20.3. The van der Waals surface area contributed by atoms with Crippen molar-refractivity contribution < 1.29 is 13.9 Å². The molecule has 4 aromatic rings. The molecular formula is C25H19ClFN3O2. The fourth-order valence-corrected chi connectivity index (χ4v) is 4.05. The van der Waals surface area contributed by atoms with Crippen LogP contribution in [-0.2, 0) is 11.4 Å². The Bertz CT molecular complexity index is 1250. The molecule has 0 spiro atoms. The van der Waals surface area contributed by atoms with E-state index < -0.39 is 0 Å². The molecule has 1 atom stereocenters. The summed E-state index contributed by atoms with van der Waals surface area (Å²) in [4.78, 5) is 12.3. The van der Waals surface area contributed by atoms with E-state index in [1.807, 2.05) is 48.5 Å². The number of H-pyrrole nitrogens is 1. The lowest BCUT2D eigenvalue weighted by atomic mass is 9.84. The quantitative estimate of drug-likeness (QED) is 0.399. The van der Waals surface area contributed by atoms with Gasteiger partial charge < -0.3 is 10.1 Å². The van der Waals surface area contributed by atoms with Gasteiger partial charge in [-0.2, -0.15) is 5.10 Å². The first-order valence-corrected chi connectivity index (χ1v) is 10.6. The van der Waals surface area contributed by atoms with E-state index >= 15 is 0 Å². The molecular weight excluding hydrogens is 429 g/mol. The predicted octanol–water partition coefficient (Wildman–Crippen LogP) is 5.92. The van der Waals surface area contributed by atoms with Crippen LogP contribution in [0.2, 0.25) is 5.02 Å². The Balaban J connectivity index is 1.40. The Morgan fingerprint density at radius 2 is 1.72 bits per heavy atom. The molecule has 1 amide bonds. The van der Waals surface area contributed by atoms with Crippen molar-refractivity contribution in [3.8, 4) is 17.0 Å². The molecule has 1 unspecified atom stereocenters. The van der Waals surface area contributed by atoms with E-state index in [2.05, 4.69) is 15.5 Å². The molecule has 160 valence electrons. The monoisotopic (exact) mass is 447 g/mol. The number of aromatic nitrogens is 2. The highest BCUT2D eigenvalue weighted by Crippen LogP contribution is 2.42. The van der Waals surface area contributed by atoms with Gasteiger partial charge >= 0.3 is 0 Å². The van der Waals surface area contributed by atoms with Gasteiger partial charge in [0.15, 0.2) is 5.82 Å². The van der Waals surface area contributed by atoms with Crippen LogP contribution >= 0.6 is 11.6 Å². The average Bonchev–Trinajstić information content (AvgIpc) is 3.23. The first-order valence-electron chi connectivity index (χ1n) is 10.2. The van der Waals surface area contributed by atoms with Crippen molar-refractivity contribution in [2.75, 3.05) is 5.32 Å². The molecule has 32 heavy (non-hydrogen) atoms. The number of aromatic amines is 1. The van der Waals surface area contributed by atoms with Crippen molar-refractivity contribution in [2.45, 2.75) is 18.9 Å². The number of carbonyl (C=O) groups excluding carboxylic acids is 1. The maximum Gasteiger partial charge on any atom is 0.226 e. The summed E-state index contributed by atoms with van der Waals surface area (Å²) in [5.74, 6) is 0.755. The second kappa shape index (κ2) is 8.48. The van der Waals surface area contributed by atoms with Gasteiger partial charge in [-0.25, -0.2) is 4.39 Å². The fraction of sp³-hybridized carbons (Fsp3) is 0.120. The average molecular weight is 448 g/mol. The zero-order chi connectivity index (χ0) is 22.1. The summed E-state index contributed by atoms with van der Waals surface area (Å²) < 4.78 is 18.9. The van der Waals surface area contributed by atoms with E-state index in [4.69, 9.17) is 16.3 Å². The second-order valence-corrected chi connectivity index (χ2v) is 8.09. The summed E-state index contributed by atoms with van der Waals surface area (Å²) in [6.07, 6.45) is 0.322. The lowest BCUT2D eigenvalue weighted by Gasteiger charge is -2.23. The highest BCUT2D eigenvalue weighted by atomic mass is 35.5. The van der Waals surface area contributed by atoms with Crippen LogP contribution in [-0.4, -0.2) is 16.1 Å². The number of ether oxygens (including phenoxy) is 1. The number of anilines is 1. The van der Waals surface area contributed by atoms with Crippen molar-refractivity contribution >= 4 is 23.3 Å². The molecule has 1 aromatic heterocycles. The molecule has 0 aliphatic carbocycles. The first-order chi connectivity index (χ1) is 15.6. The van der Waals surface area contributed by atoms with Crippen LogP contribution in [0, 0.1) is 5.82 Å². The third kappa shape index (κ3) is 4.09. The summed E-state index contributed by atoms with van der Waals surface area (Å²) >= 11 is 6.04. The van der Waals surface area contributed by atoms with E-state index in [9.17, 15) is 9.18 Å². The normalized spacial score (nSPS) is 15.2. The molecule has 1 aliphatic heterocycles. The number of amides is 1. The number of carbonyl (C=O) groups is 1. The van der Waals surface area contributed by atoms with Gasteiger partial charge in [0.05, 0.1) is 5.69 Å². The molecule has 0 bridgehead atoms. The zero-order valence-corrected chi connectivity index (χ0v) is 17.7. The molecule has 1 aliphatic rings. The minimum atomic E-state index is -0.272. The zero-order valence-electron chi connectivity index (χ0n) is 16.9. The Morgan fingerprint density at radius 1 is 1.00 bits per heavy atom. The number of fused-ring (bicyclic) bond motifs is 1. The predicted molar refractivity (Wildman–Crippen MR) is 121 cm³/mol. The Labute approximate surface area is 189 Å². The molecule has 0 radical (unpaired) electrons. The van der Waals surface area contributed by atoms with Crippen LogP contribution in [0.3, 0.4) is 0 Å². The minimum Gasteiger partial charge on any atom is -0.489 e. The number of hydrogen-bond acceptors (Lipinski definition) is 3. The van der Waals surface area contributed by atoms with Crippen molar-refractivity contribution in [3.05, 3.63) is 100 Å². The van der Waals surface area contributed by atoms with Gasteiger partial charge in [-0.3, -0.25) is 9.89 Å². The summed E-state index contributed by atoms with van der Waals surface area (Å²) in [6, 6.07) is 21.4. The third-order valence-corrected chi connectivity index (χ3v) is 5.79. The van der Waals surface area contributed by atoms with Crippen molar-refractivity contribution in [1.29, 1.82) is 0 Å². The number of nitrogens with zero attached hydrogens (tertiary/aromatic N) is 1. The maximum absolute atomic E-state index is 13.1. The van der Waals surface area contributed by atoms with Crippen LogP contribution in [0.4, 0.5) is 10.2 Å². The lowest BCUT2D eigenvalue weighted by Crippen LogP contribution is -2.23. The van der Waals surface area contributed by atoms with Crippen molar-refractivity contribution in [1.82, 2.24) is 10.2 Å². The lowest BCUT2D eigenvalue weighted by molar-refractivity contribution is -0.116. The Morgan fingerprint density at radius 3 is 2.44 bits per heavy atom. The molecule has 5 nitrogen and oxygen atoms in total. The third-order valence-electron chi connectivity index (χ3n) is 5.53. The number of halogens is 2. The molecule has 2 N–H and O–H groups in total. The molecule has 0 fully saturated rings. The number of nitrogens with one attached hydrogen (secondary N) is 2. The summed E-state index contributed by atoms with van der Waals surface area (Å²) in [5.41, 5.74) is 4.63. The van der Waals surface area contributed by atoms with E-state index in [1.165, 1.54) is 12.1 Å². The smallest absolute Gasteiger partial charge is 0.226 e. The van der Waals surface area contributed by atoms with E-state index in [1.54, 1.807) is 12.1 Å². The van der Waals surface area contributed by atoms with Crippen LogP contribution < -0.4 is 10.1 Å². The SMILES string of the molecule is O=C1CC(c2ccc(OCc3ccc(F)cc3)cc2)c2c(n[nH]c2-c2ccc(Cl)cc2)N1. The highest BCUT2D eigenvalue weighted by Gasteiger charge is 2.32. The van der Waals surface area contributed by atoms with Crippen LogP contribution in [0.25, 0.3) is 11.3 Å².